The molecule has 2 N–H and O–H groups in total. The molecule has 0 atom stereocenters. The van der Waals surface area contributed by atoms with E-state index >= 15 is 0 Å². The van der Waals surface area contributed by atoms with Gasteiger partial charge in [0.05, 0.1) is 5.69 Å². The van der Waals surface area contributed by atoms with Crippen LogP contribution in [-0.4, -0.2) is 16.2 Å². The number of fused-ring (bicyclic) bond motifs is 1. The van der Waals surface area contributed by atoms with Crippen LogP contribution in [0.4, 0.5) is 11.6 Å². The molecule has 0 saturated heterocycles. The Hall–Kier alpha value is -1.75. The van der Waals surface area contributed by atoms with E-state index in [2.05, 4.69) is 21.4 Å². The number of anilines is 2. The van der Waals surface area contributed by atoms with Gasteiger partial charge in [-0.1, -0.05) is 6.07 Å². The Balaban J connectivity index is 1.91. The van der Waals surface area contributed by atoms with E-state index in [1.165, 1.54) is 4.90 Å². The lowest BCUT2D eigenvalue weighted by molar-refractivity contribution is 0.658. The van der Waals surface area contributed by atoms with Crippen molar-refractivity contribution in [2.75, 3.05) is 11.6 Å². The van der Waals surface area contributed by atoms with Crippen molar-refractivity contribution in [2.45, 2.75) is 30.6 Å². The van der Waals surface area contributed by atoms with E-state index in [-0.39, 0.29) is 5.56 Å². The number of hydrogen-bond donors (Lipinski definition) is 2. The predicted octanol–water partition coefficient (Wildman–Crippen LogP) is 3.11. The minimum Gasteiger partial charge on any atom is -0.326 e. The topological polar surface area (TPSA) is 57.8 Å². The quantitative estimate of drug-likeness (QED) is 0.852. The molecule has 5 heteroatoms. The lowest BCUT2D eigenvalue weighted by atomic mass is 9.97. The van der Waals surface area contributed by atoms with Crippen molar-refractivity contribution >= 4 is 23.4 Å². The van der Waals surface area contributed by atoms with Crippen molar-refractivity contribution in [1.82, 2.24) is 9.97 Å². The van der Waals surface area contributed by atoms with Crippen molar-refractivity contribution < 1.29 is 0 Å². The third-order valence-electron chi connectivity index (χ3n) is 3.52. The number of nitrogens with one attached hydrogen (secondary N) is 2. The number of rotatable bonds is 3. The highest BCUT2D eigenvalue weighted by Gasteiger charge is 2.15. The number of benzene rings is 1. The van der Waals surface area contributed by atoms with Crippen LogP contribution in [0.2, 0.25) is 0 Å². The highest BCUT2D eigenvalue weighted by atomic mass is 32.2. The summed E-state index contributed by atoms with van der Waals surface area (Å²) in [6.07, 6.45) is 5.99. The molecule has 104 valence electrons. The molecule has 1 aromatic carbocycles. The van der Waals surface area contributed by atoms with Crippen LogP contribution in [0.1, 0.15) is 24.1 Å². The number of thioether (sulfide) groups is 1. The largest absolute Gasteiger partial charge is 0.326 e. The van der Waals surface area contributed by atoms with Crippen LogP contribution < -0.4 is 10.9 Å². The molecule has 1 aromatic heterocycles. The number of aromatic nitrogens is 2. The maximum atomic E-state index is 12.1. The summed E-state index contributed by atoms with van der Waals surface area (Å²) < 4.78 is 0. The van der Waals surface area contributed by atoms with E-state index in [9.17, 15) is 4.79 Å². The maximum absolute atomic E-state index is 12.1. The number of aromatic amines is 1. The molecule has 0 unspecified atom stereocenters. The van der Waals surface area contributed by atoms with E-state index < -0.39 is 0 Å². The number of aryl methyl sites for hydroxylation is 1. The first-order chi connectivity index (χ1) is 9.76. The van der Waals surface area contributed by atoms with Crippen molar-refractivity contribution in [3.05, 3.63) is 45.9 Å². The number of hydrogen-bond acceptors (Lipinski definition) is 4. The molecule has 0 aliphatic heterocycles. The van der Waals surface area contributed by atoms with Crippen LogP contribution in [0.15, 0.2) is 34.0 Å². The first kappa shape index (κ1) is 13.2. The fourth-order valence-electron chi connectivity index (χ4n) is 2.50. The Morgan fingerprint density at radius 2 is 2.15 bits per heavy atom. The van der Waals surface area contributed by atoms with Crippen molar-refractivity contribution in [1.29, 1.82) is 0 Å². The molecule has 0 amide bonds. The zero-order valence-corrected chi connectivity index (χ0v) is 12.2. The monoisotopic (exact) mass is 287 g/mol. The molecule has 2 aromatic rings. The fourth-order valence-corrected chi connectivity index (χ4v) is 2.96. The second-order valence-corrected chi connectivity index (χ2v) is 5.78. The SMILES string of the molecule is CSc1cccc(Nc2nc3c(c(=O)[nH]2)CCCC3)c1. The molecule has 0 saturated carbocycles. The summed E-state index contributed by atoms with van der Waals surface area (Å²) in [4.78, 5) is 20.6. The molecule has 0 radical (unpaired) electrons. The number of nitrogens with zero attached hydrogens (tertiary/aromatic N) is 1. The standard InChI is InChI=1S/C15H17N3OS/c1-20-11-6-4-5-10(9-11)16-15-17-13-8-3-2-7-12(13)14(19)18-15/h4-6,9H,2-3,7-8H2,1H3,(H2,16,17,18,19). The number of H-pyrrole nitrogens is 1. The molecule has 0 bridgehead atoms. The Morgan fingerprint density at radius 1 is 1.30 bits per heavy atom. The van der Waals surface area contributed by atoms with Gasteiger partial charge in [0, 0.05) is 16.1 Å². The second-order valence-electron chi connectivity index (χ2n) is 4.90. The van der Waals surface area contributed by atoms with Crippen LogP contribution in [0.3, 0.4) is 0 Å². The normalized spacial score (nSPS) is 13.8. The van der Waals surface area contributed by atoms with Gasteiger partial charge in [-0.05, 0) is 50.1 Å². The van der Waals surface area contributed by atoms with Crippen LogP contribution in [-0.2, 0) is 12.8 Å². The molecule has 0 spiro atoms. The van der Waals surface area contributed by atoms with E-state index in [0.717, 1.165) is 42.6 Å². The molecule has 3 rings (SSSR count). The average molecular weight is 287 g/mol. The van der Waals surface area contributed by atoms with E-state index in [4.69, 9.17) is 0 Å². The first-order valence-corrected chi connectivity index (χ1v) is 8.02. The summed E-state index contributed by atoms with van der Waals surface area (Å²) in [7, 11) is 0. The Kier molecular flexibility index (Phi) is 3.78. The summed E-state index contributed by atoms with van der Waals surface area (Å²) in [5.41, 5.74) is 2.75. The molecular weight excluding hydrogens is 270 g/mol. The van der Waals surface area contributed by atoms with Gasteiger partial charge in [-0.15, -0.1) is 11.8 Å². The van der Waals surface area contributed by atoms with Crippen molar-refractivity contribution in [2.24, 2.45) is 0 Å². The minimum absolute atomic E-state index is 0.00165. The Bertz CT molecular complexity index is 681. The fraction of sp³-hybridized carbons (Fsp3) is 0.333. The van der Waals surface area contributed by atoms with Crippen LogP contribution >= 0.6 is 11.8 Å². The third kappa shape index (κ3) is 2.72. The van der Waals surface area contributed by atoms with E-state index in [1.807, 2.05) is 24.5 Å². The summed E-state index contributed by atoms with van der Waals surface area (Å²) in [6, 6.07) is 8.06. The predicted molar refractivity (Wildman–Crippen MR) is 83.0 cm³/mol. The Morgan fingerprint density at radius 3 is 3.00 bits per heavy atom. The van der Waals surface area contributed by atoms with E-state index in [0.29, 0.717) is 5.95 Å². The summed E-state index contributed by atoms with van der Waals surface area (Å²) in [6.45, 7) is 0. The van der Waals surface area contributed by atoms with Gasteiger partial charge in [-0.25, -0.2) is 4.98 Å². The van der Waals surface area contributed by atoms with Crippen molar-refractivity contribution in [3.63, 3.8) is 0 Å². The lowest BCUT2D eigenvalue weighted by Gasteiger charge is -2.15. The van der Waals surface area contributed by atoms with Gasteiger partial charge in [0.1, 0.15) is 0 Å². The van der Waals surface area contributed by atoms with Crippen LogP contribution in [0.25, 0.3) is 0 Å². The molecule has 0 fully saturated rings. The van der Waals surface area contributed by atoms with Crippen LogP contribution in [0, 0.1) is 0 Å². The van der Waals surface area contributed by atoms with Gasteiger partial charge in [-0.3, -0.25) is 9.78 Å². The summed E-state index contributed by atoms with van der Waals surface area (Å²) >= 11 is 1.69. The molecular formula is C15H17N3OS. The zero-order valence-electron chi connectivity index (χ0n) is 11.4. The van der Waals surface area contributed by atoms with Gasteiger partial charge in [-0.2, -0.15) is 0 Å². The van der Waals surface area contributed by atoms with Gasteiger partial charge in [0.15, 0.2) is 0 Å². The molecule has 1 aliphatic carbocycles. The van der Waals surface area contributed by atoms with Gasteiger partial charge in [0.2, 0.25) is 5.95 Å². The zero-order chi connectivity index (χ0) is 13.9. The molecule has 4 nitrogen and oxygen atoms in total. The first-order valence-electron chi connectivity index (χ1n) is 6.79. The van der Waals surface area contributed by atoms with E-state index in [1.54, 1.807) is 11.8 Å². The van der Waals surface area contributed by atoms with Gasteiger partial charge < -0.3 is 5.32 Å². The summed E-state index contributed by atoms with van der Waals surface area (Å²) in [5.74, 6) is 0.536. The maximum Gasteiger partial charge on any atom is 0.255 e. The smallest absolute Gasteiger partial charge is 0.255 e. The second kappa shape index (κ2) is 5.71. The highest BCUT2D eigenvalue weighted by Crippen LogP contribution is 2.22. The molecule has 1 aliphatic rings. The lowest BCUT2D eigenvalue weighted by Crippen LogP contribution is -2.22. The summed E-state index contributed by atoms with van der Waals surface area (Å²) in [5, 5.41) is 3.19. The third-order valence-corrected chi connectivity index (χ3v) is 4.25. The van der Waals surface area contributed by atoms with Crippen molar-refractivity contribution in [3.8, 4) is 0 Å². The minimum atomic E-state index is -0.00165. The molecule has 1 heterocycles. The molecule has 20 heavy (non-hydrogen) atoms. The average Bonchev–Trinajstić information content (AvgIpc) is 2.47. The van der Waals surface area contributed by atoms with Crippen LogP contribution in [0.5, 0.6) is 0 Å². The van der Waals surface area contributed by atoms with Gasteiger partial charge >= 0.3 is 0 Å². The van der Waals surface area contributed by atoms with Gasteiger partial charge in [0.25, 0.3) is 5.56 Å². The highest BCUT2D eigenvalue weighted by molar-refractivity contribution is 7.98. The Labute approximate surface area is 122 Å².